The lowest BCUT2D eigenvalue weighted by molar-refractivity contribution is 0.0675. The zero-order valence-electron chi connectivity index (χ0n) is 8.90. The smallest absolute Gasteiger partial charge is 0.196 e. The Hall–Kier alpha value is -1.07. The number of nitrogens with two attached hydrogens (primary N) is 1. The van der Waals surface area contributed by atoms with Gasteiger partial charge in [-0.25, -0.2) is 4.99 Å². The summed E-state index contributed by atoms with van der Waals surface area (Å²) in [5.41, 5.74) is 6.79. The number of rotatable bonds is 1. The van der Waals surface area contributed by atoms with Crippen molar-refractivity contribution in [3.05, 3.63) is 28.7 Å². The molecule has 0 atom stereocenters. The van der Waals surface area contributed by atoms with Crippen LogP contribution in [0.3, 0.4) is 0 Å². The number of halogens is 1. The largest absolute Gasteiger partial charge is 0.378 e. The molecule has 1 aromatic carbocycles. The van der Waals surface area contributed by atoms with Crippen molar-refractivity contribution in [3.8, 4) is 0 Å². The molecule has 86 valence electrons. The lowest BCUT2D eigenvalue weighted by Gasteiger charge is -2.27. The summed E-state index contributed by atoms with van der Waals surface area (Å²) < 4.78 is 6.30. The Morgan fingerprint density at radius 3 is 2.50 bits per heavy atom. The van der Waals surface area contributed by atoms with Crippen LogP contribution in [0.4, 0.5) is 5.69 Å². The van der Waals surface area contributed by atoms with Crippen LogP contribution in [0.2, 0.25) is 0 Å². The average molecular weight is 284 g/mol. The molecule has 1 aliphatic rings. The second kappa shape index (κ2) is 5.32. The fourth-order valence-corrected chi connectivity index (χ4v) is 1.78. The van der Waals surface area contributed by atoms with Gasteiger partial charge < -0.3 is 15.4 Å². The van der Waals surface area contributed by atoms with Gasteiger partial charge in [0, 0.05) is 17.6 Å². The van der Waals surface area contributed by atoms with E-state index in [1.165, 1.54) is 0 Å². The summed E-state index contributed by atoms with van der Waals surface area (Å²) in [6.45, 7) is 3.06. The van der Waals surface area contributed by atoms with Crippen LogP contribution in [0.25, 0.3) is 0 Å². The van der Waals surface area contributed by atoms with Gasteiger partial charge in [-0.05, 0) is 24.3 Å². The van der Waals surface area contributed by atoms with Crippen molar-refractivity contribution >= 4 is 27.6 Å². The molecule has 0 unspecified atom stereocenters. The fraction of sp³-hybridized carbons (Fsp3) is 0.364. The van der Waals surface area contributed by atoms with Gasteiger partial charge in [-0.1, -0.05) is 15.9 Å². The SMILES string of the molecule is NC(=Nc1ccc(Br)cc1)N1CCOCC1. The number of guanidine groups is 1. The highest BCUT2D eigenvalue weighted by atomic mass is 79.9. The molecule has 0 spiro atoms. The maximum absolute atomic E-state index is 5.93. The Morgan fingerprint density at radius 2 is 1.88 bits per heavy atom. The summed E-state index contributed by atoms with van der Waals surface area (Å²) in [6.07, 6.45) is 0. The van der Waals surface area contributed by atoms with Crippen LogP contribution in [0.1, 0.15) is 0 Å². The Morgan fingerprint density at radius 1 is 1.25 bits per heavy atom. The first kappa shape index (κ1) is 11.4. The highest BCUT2D eigenvalue weighted by Crippen LogP contribution is 2.17. The molecule has 0 bridgehead atoms. The van der Waals surface area contributed by atoms with Crippen LogP contribution in [0.15, 0.2) is 33.7 Å². The second-order valence-corrected chi connectivity index (χ2v) is 4.46. The molecule has 1 aromatic rings. The molecule has 16 heavy (non-hydrogen) atoms. The van der Waals surface area contributed by atoms with Gasteiger partial charge >= 0.3 is 0 Å². The maximum atomic E-state index is 5.93. The number of hydrogen-bond acceptors (Lipinski definition) is 2. The molecule has 5 heteroatoms. The number of nitrogens with zero attached hydrogens (tertiary/aromatic N) is 2. The lowest BCUT2D eigenvalue weighted by atomic mass is 10.3. The van der Waals surface area contributed by atoms with E-state index < -0.39 is 0 Å². The summed E-state index contributed by atoms with van der Waals surface area (Å²) >= 11 is 3.38. The van der Waals surface area contributed by atoms with Crippen LogP contribution >= 0.6 is 15.9 Å². The highest BCUT2D eigenvalue weighted by molar-refractivity contribution is 9.10. The highest BCUT2D eigenvalue weighted by Gasteiger charge is 2.11. The van der Waals surface area contributed by atoms with Gasteiger partial charge in [0.25, 0.3) is 0 Å². The van der Waals surface area contributed by atoms with E-state index in [4.69, 9.17) is 10.5 Å². The second-order valence-electron chi connectivity index (χ2n) is 3.55. The van der Waals surface area contributed by atoms with Crippen molar-refractivity contribution in [1.82, 2.24) is 4.90 Å². The predicted octanol–water partition coefficient (Wildman–Crippen LogP) is 1.73. The van der Waals surface area contributed by atoms with E-state index in [1.54, 1.807) is 0 Å². The van der Waals surface area contributed by atoms with Crippen molar-refractivity contribution < 1.29 is 4.74 Å². The molecular weight excluding hydrogens is 270 g/mol. The van der Waals surface area contributed by atoms with E-state index in [9.17, 15) is 0 Å². The van der Waals surface area contributed by atoms with Crippen LogP contribution in [0, 0.1) is 0 Å². The van der Waals surface area contributed by atoms with Crippen LogP contribution in [-0.4, -0.2) is 37.2 Å². The molecule has 1 saturated heterocycles. The van der Waals surface area contributed by atoms with Gasteiger partial charge in [0.15, 0.2) is 5.96 Å². The Labute approximate surface area is 103 Å². The fourth-order valence-electron chi connectivity index (χ4n) is 1.51. The summed E-state index contributed by atoms with van der Waals surface area (Å²) in [6, 6.07) is 7.76. The third-order valence-corrected chi connectivity index (χ3v) is 2.93. The van der Waals surface area contributed by atoms with Gasteiger partial charge in [0.1, 0.15) is 0 Å². The Bertz CT molecular complexity index is 371. The van der Waals surface area contributed by atoms with Crippen molar-refractivity contribution in [2.24, 2.45) is 10.7 Å². The molecule has 2 rings (SSSR count). The molecule has 2 N–H and O–H groups in total. The molecule has 4 nitrogen and oxygen atoms in total. The minimum Gasteiger partial charge on any atom is -0.378 e. The lowest BCUT2D eigenvalue weighted by Crippen LogP contribution is -2.44. The third kappa shape index (κ3) is 2.96. The monoisotopic (exact) mass is 283 g/mol. The first-order chi connectivity index (χ1) is 7.75. The van der Waals surface area contributed by atoms with Crippen molar-refractivity contribution in [2.75, 3.05) is 26.3 Å². The van der Waals surface area contributed by atoms with Gasteiger partial charge in [0.05, 0.1) is 18.9 Å². The van der Waals surface area contributed by atoms with Crippen molar-refractivity contribution in [1.29, 1.82) is 0 Å². The van der Waals surface area contributed by atoms with E-state index in [0.29, 0.717) is 5.96 Å². The molecule has 1 aliphatic heterocycles. The Kier molecular flexibility index (Phi) is 3.79. The first-order valence-electron chi connectivity index (χ1n) is 5.18. The normalized spacial score (nSPS) is 17.6. The van der Waals surface area contributed by atoms with E-state index in [0.717, 1.165) is 36.5 Å². The van der Waals surface area contributed by atoms with Gasteiger partial charge in [-0.2, -0.15) is 0 Å². The van der Waals surface area contributed by atoms with Crippen LogP contribution in [-0.2, 0) is 4.74 Å². The van der Waals surface area contributed by atoms with Gasteiger partial charge in [-0.15, -0.1) is 0 Å². The molecule has 0 saturated carbocycles. The first-order valence-corrected chi connectivity index (χ1v) is 5.97. The number of hydrogen-bond donors (Lipinski definition) is 1. The molecule has 0 amide bonds. The predicted molar refractivity (Wildman–Crippen MR) is 67.8 cm³/mol. The molecule has 0 radical (unpaired) electrons. The maximum Gasteiger partial charge on any atom is 0.196 e. The number of ether oxygens (including phenoxy) is 1. The van der Waals surface area contributed by atoms with Crippen LogP contribution in [0.5, 0.6) is 0 Å². The molecule has 0 aromatic heterocycles. The average Bonchev–Trinajstić information content (AvgIpc) is 2.33. The van der Waals surface area contributed by atoms with E-state index in [1.807, 2.05) is 29.2 Å². The van der Waals surface area contributed by atoms with Crippen molar-refractivity contribution in [2.45, 2.75) is 0 Å². The minimum atomic E-state index is 0.561. The van der Waals surface area contributed by atoms with E-state index >= 15 is 0 Å². The summed E-state index contributed by atoms with van der Waals surface area (Å²) in [4.78, 5) is 6.40. The minimum absolute atomic E-state index is 0.561. The van der Waals surface area contributed by atoms with Crippen LogP contribution < -0.4 is 5.73 Å². The molecule has 1 heterocycles. The quantitative estimate of drug-likeness (QED) is 0.631. The summed E-state index contributed by atoms with van der Waals surface area (Å²) in [5.74, 6) is 0.561. The molecule has 0 aliphatic carbocycles. The van der Waals surface area contributed by atoms with Gasteiger partial charge in [0.2, 0.25) is 0 Å². The zero-order valence-corrected chi connectivity index (χ0v) is 10.5. The third-order valence-electron chi connectivity index (χ3n) is 2.41. The standard InChI is InChI=1S/C11H14BrN3O/c12-9-1-3-10(4-2-9)14-11(13)15-5-7-16-8-6-15/h1-4H,5-8H2,(H2,13,14). The van der Waals surface area contributed by atoms with E-state index in [-0.39, 0.29) is 0 Å². The summed E-state index contributed by atoms with van der Waals surface area (Å²) in [5, 5.41) is 0. The summed E-state index contributed by atoms with van der Waals surface area (Å²) in [7, 11) is 0. The van der Waals surface area contributed by atoms with Gasteiger partial charge in [-0.3, -0.25) is 0 Å². The Balaban J connectivity index is 2.07. The zero-order chi connectivity index (χ0) is 11.4. The number of morpholine rings is 1. The number of benzene rings is 1. The molecular formula is C11H14BrN3O. The van der Waals surface area contributed by atoms with Crippen molar-refractivity contribution in [3.63, 3.8) is 0 Å². The van der Waals surface area contributed by atoms with E-state index in [2.05, 4.69) is 20.9 Å². The topological polar surface area (TPSA) is 50.8 Å². The molecule has 1 fully saturated rings. The number of aliphatic imine (C=N–C) groups is 1.